The molecule has 0 radical (unpaired) electrons. The molecule has 1 saturated heterocycles. The lowest BCUT2D eigenvalue weighted by molar-refractivity contribution is -0.120. The van der Waals surface area contributed by atoms with Crippen LogP contribution in [0.15, 0.2) is 28.6 Å². The van der Waals surface area contributed by atoms with E-state index in [4.69, 9.17) is 0 Å². The van der Waals surface area contributed by atoms with Crippen LogP contribution in [0.25, 0.3) is 0 Å². The molecule has 1 aromatic heterocycles. The van der Waals surface area contributed by atoms with Gasteiger partial charge in [0.2, 0.25) is 11.0 Å². The molecule has 0 bridgehead atoms. The first-order valence-corrected chi connectivity index (χ1v) is 11.7. The molecule has 0 aliphatic carbocycles. The molecule has 0 saturated carbocycles. The summed E-state index contributed by atoms with van der Waals surface area (Å²) in [6.45, 7) is 3.78. The number of carbonyl (C=O) groups is 1. The fourth-order valence-electron chi connectivity index (χ4n) is 2.76. The fraction of sp³-hybridized carbons (Fsp3) is 0.438. The molecule has 140 valence electrons. The minimum Gasteiger partial charge on any atom is -0.349 e. The van der Waals surface area contributed by atoms with Crippen molar-refractivity contribution in [2.45, 2.75) is 30.1 Å². The number of nitrogens with one attached hydrogen (secondary N) is 2. The number of rotatable bonds is 6. The molecular formula is C16H20N4O3S3. The van der Waals surface area contributed by atoms with Crippen LogP contribution in [-0.4, -0.2) is 47.3 Å². The first-order chi connectivity index (χ1) is 12.2. The van der Waals surface area contributed by atoms with Crippen molar-refractivity contribution in [3.63, 3.8) is 0 Å². The summed E-state index contributed by atoms with van der Waals surface area (Å²) in [6, 6.07) is 7.89. The third kappa shape index (κ3) is 4.95. The summed E-state index contributed by atoms with van der Waals surface area (Å²) in [5, 5.41) is 14.9. The zero-order valence-corrected chi connectivity index (χ0v) is 16.9. The molecule has 3 rings (SSSR count). The second-order valence-electron chi connectivity index (χ2n) is 6.55. The number of anilines is 2. The zero-order chi connectivity index (χ0) is 18.8. The quantitative estimate of drug-likeness (QED) is 0.703. The van der Waals surface area contributed by atoms with Gasteiger partial charge in [0, 0.05) is 5.69 Å². The van der Waals surface area contributed by atoms with Gasteiger partial charge in [-0.1, -0.05) is 41.3 Å². The lowest BCUT2D eigenvalue weighted by Crippen LogP contribution is -2.47. The minimum absolute atomic E-state index is 0.000289. The number of hydrogen-bond donors (Lipinski definition) is 2. The van der Waals surface area contributed by atoms with Crippen LogP contribution >= 0.6 is 23.1 Å². The Hall–Kier alpha value is -1.65. The van der Waals surface area contributed by atoms with Crippen LogP contribution in [0.3, 0.4) is 0 Å². The number of sulfone groups is 1. The molecule has 1 aliphatic heterocycles. The van der Waals surface area contributed by atoms with E-state index in [9.17, 15) is 13.2 Å². The number of amides is 1. The molecule has 0 spiro atoms. The highest BCUT2D eigenvalue weighted by Gasteiger charge is 2.39. The van der Waals surface area contributed by atoms with Gasteiger partial charge in [-0.05, 0) is 31.9 Å². The predicted molar refractivity (Wildman–Crippen MR) is 105 cm³/mol. The summed E-state index contributed by atoms with van der Waals surface area (Å²) in [7, 11) is -3.05. The molecule has 1 fully saturated rings. The molecule has 2 aromatic rings. The molecule has 2 N–H and O–H groups in total. The van der Waals surface area contributed by atoms with Crippen molar-refractivity contribution in [3.05, 3.63) is 29.8 Å². The minimum atomic E-state index is -3.05. The second kappa shape index (κ2) is 7.53. The Bertz CT molecular complexity index is 913. The lowest BCUT2D eigenvalue weighted by atomic mass is 10.0. The molecule has 2 heterocycles. The van der Waals surface area contributed by atoms with Crippen molar-refractivity contribution in [2.75, 3.05) is 22.6 Å². The number of para-hydroxylation sites is 1. The van der Waals surface area contributed by atoms with Gasteiger partial charge in [0.05, 0.1) is 22.8 Å². The summed E-state index contributed by atoms with van der Waals surface area (Å²) in [5.41, 5.74) is 1.40. The molecule has 1 aliphatic rings. The summed E-state index contributed by atoms with van der Waals surface area (Å²) in [4.78, 5) is 12.1. The SMILES string of the molecule is Cc1ccccc1Nc1nnc(SCC(=O)N[C@@]2(C)CCS(=O)(=O)C2)s1. The number of aromatic nitrogens is 2. The fourth-order valence-corrected chi connectivity index (χ4v) is 6.41. The molecule has 26 heavy (non-hydrogen) atoms. The third-order valence-corrected chi connectivity index (χ3v) is 7.94. The van der Waals surface area contributed by atoms with Crippen molar-refractivity contribution in [1.82, 2.24) is 15.5 Å². The van der Waals surface area contributed by atoms with Crippen molar-refractivity contribution < 1.29 is 13.2 Å². The van der Waals surface area contributed by atoms with Crippen LogP contribution in [0.5, 0.6) is 0 Å². The average Bonchev–Trinajstić information content (AvgIpc) is 3.11. The number of aryl methyl sites for hydroxylation is 1. The third-order valence-electron chi connectivity index (χ3n) is 4.06. The molecule has 1 amide bonds. The van der Waals surface area contributed by atoms with Gasteiger partial charge < -0.3 is 10.6 Å². The standard InChI is InChI=1S/C16H20N4O3S3/c1-11-5-3-4-6-12(11)17-14-19-20-15(25-14)24-9-13(21)18-16(2)7-8-26(22,23)10-16/h3-6H,7-10H2,1-2H3,(H,17,19)(H,18,21)/t16-/m0/s1. The van der Waals surface area contributed by atoms with E-state index in [2.05, 4.69) is 20.8 Å². The summed E-state index contributed by atoms with van der Waals surface area (Å²) in [6.07, 6.45) is 0.453. The maximum atomic E-state index is 12.1. The van der Waals surface area contributed by atoms with E-state index < -0.39 is 15.4 Å². The van der Waals surface area contributed by atoms with Gasteiger partial charge in [-0.25, -0.2) is 8.42 Å². The van der Waals surface area contributed by atoms with Gasteiger partial charge in [-0.3, -0.25) is 4.79 Å². The monoisotopic (exact) mass is 412 g/mol. The molecule has 7 nitrogen and oxygen atoms in total. The van der Waals surface area contributed by atoms with Crippen molar-refractivity contribution in [3.8, 4) is 0 Å². The van der Waals surface area contributed by atoms with Crippen molar-refractivity contribution >= 4 is 49.7 Å². The van der Waals surface area contributed by atoms with E-state index >= 15 is 0 Å². The first-order valence-electron chi connectivity index (χ1n) is 8.05. The van der Waals surface area contributed by atoms with Crippen LogP contribution in [0.2, 0.25) is 0 Å². The maximum Gasteiger partial charge on any atom is 0.230 e. The van der Waals surface area contributed by atoms with Gasteiger partial charge in [-0.2, -0.15) is 0 Å². The Kier molecular flexibility index (Phi) is 5.54. The summed E-state index contributed by atoms with van der Waals surface area (Å²) >= 11 is 2.66. The van der Waals surface area contributed by atoms with Gasteiger partial charge in [-0.15, -0.1) is 10.2 Å². The Morgan fingerprint density at radius 1 is 1.35 bits per heavy atom. The lowest BCUT2D eigenvalue weighted by Gasteiger charge is -2.23. The van der Waals surface area contributed by atoms with E-state index in [0.717, 1.165) is 11.3 Å². The Balaban J connectivity index is 1.52. The van der Waals surface area contributed by atoms with Gasteiger partial charge in [0.15, 0.2) is 14.2 Å². The van der Waals surface area contributed by atoms with Crippen LogP contribution in [0.1, 0.15) is 18.9 Å². The molecule has 0 unspecified atom stereocenters. The zero-order valence-electron chi connectivity index (χ0n) is 14.5. The number of carbonyl (C=O) groups excluding carboxylic acids is 1. The van der Waals surface area contributed by atoms with Crippen LogP contribution in [0, 0.1) is 6.92 Å². The summed E-state index contributed by atoms with van der Waals surface area (Å²) in [5.74, 6) is 0.105. The normalized spacial score (nSPS) is 21.5. The topological polar surface area (TPSA) is 101 Å². The Morgan fingerprint density at radius 3 is 2.81 bits per heavy atom. The van der Waals surface area contributed by atoms with Crippen LogP contribution in [-0.2, 0) is 14.6 Å². The highest BCUT2D eigenvalue weighted by molar-refractivity contribution is 8.01. The van der Waals surface area contributed by atoms with Crippen molar-refractivity contribution in [1.29, 1.82) is 0 Å². The Morgan fingerprint density at radius 2 is 2.12 bits per heavy atom. The van der Waals surface area contributed by atoms with E-state index in [1.54, 1.807) is 6.92 Å². The highest BCUT2D eigenvalue weighted by Crippen LogP contribution is 2.29. The molecular weight excluding hydrogens is 392 g/mol. The van der Waals surface area contributed by atoms with Crippen molar-refractivity contribution in [2.24, 2.45) is 0 Å². The molecule has 1 atom stereocenters. The number of nitrogens with zero attached hydrogens (tertiary/aromatic N) is 2. The average molecular weight is 413 g/mol. The molecule has 1 aromatic carbocycles. The smallest absolute Gasteiger partial charge is 0.230 e. The second-order valence-corrected chi connectivity index (χ2v) is 10.9. The Labute approximate surface area is 160 Å². The van der Waals surface area contributed by atoms with Gasteiger partial charge in [0.25, 0.3) is 0 Å². The number of hydrogen-bond acceptors (Lipinski definition) is 8. The predicted octanol–water partition coefficient (Wildman–Crippen LogP) is 2.38. The maximum absolute atomic E-state index is 12.1. The van der Waals surface area contributed by atoms with Gasteiger partial charge >= 0.3 is 0 Å². The van der Waals surface area contributed by atoms with E-state index in [1.807, 2.05) is 31.2 Å². The van der Waals surface area contributed by atoms with E-state index in [1.165, 1.54) is 23.1 Å². The number of thioether (sulfide) groups is 1. The van der Waals surface area contributed by atoms with E-state index in [0.29, 0.717) is 15.9 Å². The van der Waals surface area contributed by atoms with E-state index in [-0.39, 0.29) is 23.2 Å². The highest BCUT2D eigenvalue weighted by atomic mass is 32.2. The van der Waals surface area contributed by atoms with Crippen LogP contribution < -0.4 is 10.6 Å². The van der Waals surface area contributed by atoms with Gasteiger partial charge in [0.1, 0.15) is 0 Å². The largest absolute Gasteiger partial charge is 0.349 e. The number of benzene rings is 1. The summed E-state index contributed by atoms with van der Waals surface area (Å²) < 4.78 is 23.9. The molecule has 10 heteroatoms. The first kappa shape index (κ1) is 19.1. The van der Waals surface area contributed by atoms with Crippen LogP contribution in [0.4, 0.5) is 10.8 Å².